The summed E-state index contributed by atoms with van der Waals surface area (Å²) in [5.41, 5.74) is 0.989. The van der Waals surface area contributed by atoms with Crippen LogP contribution in [-0.4, -0.2) is 29.4 Å². The third kappa shape index (κ3) is 4.93. The van der Waals surface area contributed by atoms with Crippen LogP contribution in [0.15, 0.2) is 36.4 Å². The number of thiophene rings is 1. The van der Waals surface area contributed by atoms with Gasteiger partial charge in [-0.15, -0.1) is 11.3 Å². The number of nitrogens with one attached hydrogen (secondary N) is 2. The summed E-state index contributed by atoms with van der Waals surface area (Å²) in [6, 6.07) is 10.1. The summed E-state index contributed by atoms with van der Waals surface area (Å²) in [7, 11) is 0. The lowest BCUT2D eigenvalue weighted by Crippen LogP contribution is -2.25. The molecule has 6 nitrogen and oxygen atoms in total. The van der Waals surface area contributed by atoms with E-state index in [9.17, 15) is 14.4 Å². The molecule has 0 radical (unpaired) electrons. The predicted octanol–water partition coefficient (Wildman–Crippen LogP) is 2.51. The smallest absolute Gasteiger partial charge is 0.305 e. The van der Waals surface area contributed by atoms with Crippen molar-refractivity contribution < 1.29 is 19.5 Å². The maximum Gasteiger partial charge on any atom is 0.305 e. The minimum absolute atomic E-state index is 0.0738. The van der Waals surface area contributed by atoms with Crippen molar-refractivity contribution >= 4 is 34.8 Å². The molecule has 2 aromatic rings. The second kappa shape index (κ2) is 7.55. The molecule has 7 heteroatoms. The van der Waals surface area contributed by atoms with E-state index < -0.39 is 5.97 Å². The average Bonchev–Trinajstić information content (AvgIpc) is 2.94. The Hall–Kier alpha value is -2.67. The van der Waals surface area contributed by atoms with Gasteiger partial charge in [-0.3, -0.25) is 14.4 Å². The Morgan fingerprint density at radius 1 is 1.04 bits per heavy atom. The molecule has 0 fully saturated rings. The van der Waals surface area contributed by atoms with Crippen LogP contribution in [0, 0.1) is 6.92 Å². The zero-order valence-electron chi connectivity index (χ0n) is 12.5. The second-order valence-corrected chi connectivity index (χ2v) is 6.13. The number of aryl methyl sites for hydroxylation is 1. The maximum absolute atomic E-state index is 12.0. The molecular formula is C16H16N2O4S. The molecule has 0 spiro atoms. The fourth-order valence-corrected chi connectivity index (χ4v) is 2.60. The number of carbonyl (C=O) groups excluding carboxylic acids is 2. The molecule has 0 saturated carbocycles. The van der Waals surface area contributed by atoms with Crippen molar-refractivity contribution in [3.63, 3.8) is 0 Å². The Morgan fingerprint density at radius 3 is 2.30 bits per heavy atom. The molecule has 0 saturated heterocycles. The van der Waals surface area contributed by atoms with Crippen molar-refractivity contribution in [3.05, 3.63) is 51.7 Å². The van der Waals surface area contributed by atoms with E-state index in [0.717, 1.165) is 4.88 Å². The molecule has 0 aliphatic carbocycles. The molecule has 0 atom stereocenters. The standard InChI is InChI=1S/C16H16N2O4S/c1-10-2-7-13(23-10)16(22)18-12-5-3-11(4-6-12)15(21)17-9-8-14(19)20/h2-7H,8-9H2,1H3,(H,17,21)(H,18,22)(H,19,20). The SMILES string of the molecule is Cc1ccc(C(=O)Nc2ccc(C(=O)NCCC(=O)O)cc2)s1. The first kappa shape index (κ1) is 16.7. The number of carbonyl (C=O) groups is 3. The topological polar surface area (TPSA) is 95.5 Å². The van der Waals surface area contributed by atoms with E-state index in [-0.39, 0.29) is 24.8 Å². The average molecular weight is 332 g/mol. The van der Waals surface area contributed by atoms with E-state index in [1.165, 1.54) is 11.3 Å². The molecule has 0 aliphatic heterocycles. The lowest BCUT2D eigenvalue weighted by molar-refractivity contribution is -0.136. The molecule has 2 rings (SSSR count). The van der Waals surface area contributed by atoms with Gasteiger partial charge in [-0.25, -0.2) is 0 Å². The largest absolute Gasteiger partial charge is 0.481 e. The number of amides is 2. The quantitative estimate of drug-likeness (QED) is 0.757. The van der Waals surface area contributed by atoms with Gasteiger partial charge in [0.2, 0.25) is 0 Å². The summed E-state index contributed by atoms with van der Waals surface area (Å²) in [6.45, 7) is 2.00. The monoisotopic (exact) mass is 332 g/mol. The second-order valence-electron chi connectivity index (χ2n) is 4.84. The molecule has 2 amide bonds. The van der Waals surface area contributed by atoms with Gasteiger partial charge in [0.1, 0.15) is 0 Å². The van der Waals surface area contributed by atoms with E-state index in [0.29, 0.717) is 16.1 Å². The zero-order chi connectivity index (χ0) is 16.8. The third-order valence-electron chi connectivity index (χ3n) is 2.99. The van der Waals surface area contributed by atoms with Gasteiger partial charge >= 0.3 is 5.97 Å². The number of carboxylic acids is 1. The van der Waals surface area contributed by atoms with Gasteiger partial charge in [0.25, 0.3) is 11.8 Å². The van der Waals surface area contributed by atoms with Gasteiger partial charge in [0.15, 0.2) is 0 Å². The molecule has 120 valence electrons. The van der Waals surface area contributed by atoms with Gasteiger partial charge in [0.05, 0.1) is 11.3 Å². The third-order valence-corrected chi connectivity index (χ3v) is 3.99. The number of carboxylic acid groups (broad SMARTS) is 1. The van der Waals surface area contributed by atoms with Crippen molar-refractivity contribution in [2.24, 2.45) is 0 Å². The Morgan fingerprint density at radius 2 is 1.74 bits per heavy atom. The minimum Gasteiger partial charge on any atom is -0.481 e. The van der Waals surface area contributed by atoms with Gasteiger partial charge < -0.3 is 15.7 Å². The van der Waals surface area contributed by atoms with Crippen LogP contribution in [0.4, 0.5) is 5.69 Å². The molecule has 0 aliphatic rings. The lowest BCUT2D eigenvalue weighted by atomic mass is 10.2. The van der Waals surface area contributed by atoms with Crippen molar-refractivity contribution in [1.29, 1.82) is 0 Å². The van der Waals surface area contributed by atoms with Crippen LogP contribution in [0.2, 0.25) is 0 Å². The number of hydrogen-bond donors (Lipinski definition) is 3. The van der Waals surface area contributed by atoms with Crippen LogP contribution in [0.25, 0.3) is 0 Å². The molecule has 1 aromatic heterocycles. The summed E-state index contributed by atoms with van der Waals surface area (Å²) in [4.78, 5) is 35.9. The Kier molecular flexibility index (Phi) is 5.48. The fourth-order valence-electron chi connectivity index (χ4n) is 1.84. The van der Waals surface area contributed by atoms with E-state index in [1.807, 2.05) is 13.0 Å². The van der Waals surface area contributed by atoms with Crippen LogP contribution in [0.5, 0.6) is 0 Å². The molecular weight excluding hydrogens is 316 g/mol. The Bertz CT molecular complexity index is 722. The fraction of sp³-hybridized carbons (Fsp3) is 0.188. The van der Waals surface area contributed by atoms with Crippen LogP contribution >= 0.6 is 11.3 Å². The van der Waals surface area contributed by atoms with E-state index in [2.05, 4.69) is 10.6 Å². The molecule has 1 heterocycles. The first-order valence-electron chi connectivity index (χ1n) is 6.93. The molecule has 1 aromatic carbocycles. The summed E-state index contributed by atoms with van der Waals surface area (Å²) in [5, 5.41) is 13.8. The minimum atomic E-state index is -0.966. The van der Waals surface area contributed by atoms with Crippen molar-refractivity contribution in [3.8, 4) is 0 Å². The highest BCUT2D eigenvalue weighted by molar-refractivity contribution is 7.14. The van der Waals surface area contributed by atoms with Crippen LogP contribution in [0.3, 0.4) is 0 Å². The first-order valence-corrected chi connectivity index (χ1v) is 7.75. The molecule has 0 unspecified atom stereocenters. The maximum atomic E-state index is 12.0. The summed E-state index contributed by atoms with van der Waals surface area (Å²) >= 11 is 1.41. The van der Waals surface area contributed by atoms with Crippen LogP contribution in [-0.2, 0) is 4.79 Å². The zero-order valence-corrected chi connectivity index (χ0v) is 13.3. The Balaban J connectivity index is 1.92. The highest BCUT2D eigenvalue weighted by Gasteiger charge is 2.10. The molecule has 3 N–H and O–H groups in total. The predicted molar refractivity (Wildman–Crippen MR) is 88.0 cm³/mol. The van der Waals surface area contributed by atoms with Crippen LogP contribution in [0.1, 0.15) is 31.3 Å². The van der Waals surface area contributed by atoms with Gasteiger partial charge in [-0.2, -0.15) is 0 Å². The number of aliphatic carboxylic acids is 1. The number of anilines is 1. The normalized spacial score (nSPS) is 10.1. The van der Waals surface area contributed by atoms with Crippen molar-refractivity contribution in [2.75, 3.05) is 11.9 Å². The van der Waals surface area contributed by atoms with Gasteiger partial charge in [-0.05, 0) is 43.3 Å². The van der Waals surface area contributed by atoms with E-state index in [1.54, 1.807) is 30.3 Å². The van der Waals surface area contributed by atoms with Gasteiger partial charge in [0, 0.05) is 22.7 Å². The number of benzene rings is 1. The summed E-state index contributed by atoms with van der Waals surface area (Å²) in [5.74, 6) is -1.51. The van der Waals surface area contributed by atoms with Gasteiger partial charge in [-0.1, -0.05) is 0 Å². The van der Waals surface area contributed by atoms with E-state index in [4.69, 9.17) is 5.11 Å². The Labute approximate surface area is 137 Å². The first-order chi connectivity index (χ1) is 11.0. The highest BCUT2D eigenvalue weighted by atomic mass is 32.1. The number of hydrogen-bond acceptors (Lipinski definition) is 4. The van der Waals surface area contributed by atoms with E-state index >= 15 is 0 Å². The highest BCUT2D eigenvalue weighted by Crippen LogP contribution is 2.17. The summed E-state index contributed by atoms with van der Waals surface area (Å²) < 4.78 is 0. The molecule has 0 bridgehead atoms. The van der Waals surface area contributed by atoms with Crippen LogP contribution < -0.4 is 10.6 Å². The lowest BCUT2D eigenvalue weighted by Gasteiger charge is -2.06. The summed E-state index contributed by atoms with van der Waals surface area (Å²) in [6.07, 6.45) is -0.125. The molecule has 23 heavy (non-hydrogen) atoms. The van der Waals surface area contributed by atoms with Crippen molar-refractivity contribution in [2.45, 2.75) is 13.3 Å². The van der Waals surface area contributed by atoms with Crippen molar-refractivity contribution in [1.82, 2.24) is 5.32 Å². The number of rotatable bonds is 6.